The maximum Gasteiger partial charge on any atom is 0.166 e. The lowest BCUT2D eigenvalue weighted by Crippen LogP contribution is -2.02. The highest BCUT2D eigenvalue weighted by molar-refractivity contribution is 5.83. The van der Waals surface area contributed by atoms with Crippen LogP contribution in [0, 0.1) is 6.92 Å². The van der Waals surface area contributed by atoms with Gasteiger partial charge in [-0.05, 0) is 24.6 Å². The van der Waals surface area contributed by atoms with Crippen LogP contribution < -0.4 is 5.32 Å². The molecule has 0 aliphatic carbocycles. The van der Waals surface area contributed by atoms with E-state index in [1.54, 1.807) is 0 Å². The van der Waals surface area contributed by atoms with Gasteiger partial charge in [-0.25, -0.2) is 4.98 Å². The van der Waals surface area contributed by atoms with E-state index in [4.69, 9.17) is 10.1 Å². The molecule has 0 atom stereocenters. The minimum absolute atomic E-state index is 0.841. The van der Waals surface area contributed by atoms with Crippen LogP contribution in [0.5, 0.6) is 0 Å². The number of benzene rings is 3. The van der Waals surface area contributed by atoms with Crippen molar-refractivity contribution in [3.8, 4) is 22.4 Å². The number of aromatic nitrogens is 3. The number of nitrogens with zero attached hydrogens (tertiary/aromatic N) is 3. The average molecular weight is 376 g/mol. The van der Waals surface area contributed by atoms with E-state index >= 15 is 0 Å². The molecular formula is C25H20N4. The Morgan fingerprint density at radius 2 is 1.31 bits per heavy atom. The Morgan fingerprint density at radius 1 is 0.724 bits per heavy atom. The highest BCUT2D eigenvalue weighted by Gasteiger charge is 2.17. The standard InChI is InChI=1S/C25H20N4/c1-18-24(20-13-7-3-8-14-20)25-27-22(19-11-5-2-6-12-19)17-23(29(25)28-18)26-21-15-9-4-10-16-21/h2-17,26H,1H3. The van der Waals surface area contributed by atoms with E-state index in [2.05, 4.69) is 35.6 Å². The van der Waals surface area contributed by atoms with Crippen molar-refractivity contribution >= 4 is 17.2 Å². The first-order chi connectivity index (χ1) is 14.3. The molecule has 1 N–H and O–H groups in total. The lowest BCUT2D eigenvalue weighted by Gasteiger charge is -2.11. The van der Waals surface area contributed by atoms with E-state index in [9.17, 15) is 0 Å². The molecule has 140 valence electrons. The zero-order chi connectivity index (χ0) is 19.6. The summed E-state index contributed by atoms with van der Waals surface area (Å²) in [6, 6.07) is 32.7. The van der Waals surface area contributed by atoms with Crippen molar-refractivity contribution in [3.63, 3.8) is 0 Å². The van der Waals surface area contributed by atoms with Gasteiger partial charge in [-0.3, -0.25) is 0 Å². The van der Waals surface area contributed by atoms with E-state index in [1.807, 2.05) is 78.2 Å². The molecule has 4 nitrogen and oxygen atoms in total. The van der Waals surface area contributed by atoms with Crippen molar-refractivity contribution in [3.05, 3.63) is 103 Å². The number of hydrogen-bond acceptors (Lipinski definition) is 3. The third-order valence-electron chi connectivity index (χ3n) is 4.94. The number of anilines is 2. The topological polar surface area (TPSA) is 42.2 Å². The van der Waals surface area contributed by atoms with Gasteiger partial charge in [-0.2, -0.15) is 9.61 Å². The highest BCUT2D eigenvalue weighted by atomic mass is 15.3. The second-order valence-corrected chi connectivity index (χ2v) is 6.95. The highest BCUT2D eigenvalue weighted by Crippen LogP contribution is 2.32. The fourth-order valence-electron chi connectivity index (χ4n) is 3.58. The van der Waals surface area contributed by atoms with Crippen LogP contribution in [0.1, 0.15) is 5.69 Å². The first-order valence-electron chi connectivity index (χ1n) is 9.63. The molecule has 0 aliphatic rings. The summed E-state index contributed by atoms with van der Waals surface area (Å²) in [4.78, 5) is 5.01. The third kappa shape index (κ3) is 3.25. The number of nitrogens with one attached hydrogen (secondary N) is 1. The summed E-state index contributed by atoms with van der Waals surface area (Å²) in [5.74, 6) is 0.880. The van der Waals surface area contributed by atoms with Gasteiger partial charge in [0.2, 0.25) is 0 Å². The van der Waals surface area contributed by atoms with Crippen LogP contribution >= 0.6 is 0 Å². The van der Waals surface area contributed by atoms with Crippen LogP contribution in [-0.2, 0) is 0 Å². The van der Waals surface area contributed by atoms with Crippen LogP contribution in [0.25, 0.3) is 28.0 Å². The summed E-state index contributed by atoms with van der Waals surface area (Å²) in [6.07, 6.45) is 0. The summed E-state index contributed by atoms with van der Waals surface area (Å²) in [6.45, 7) is 2.03. The zero-order valence-corrected chi connectivity index (χ0v) is 16.1. The number of fused-ring (bicyclic) bond motifs is 1. The maximum absolute atomic E-state index is 5.01. The predicted octanol–water partition coefficient (Wildman–Crippen LogP) is 6.12. The molecule has 5 aromatic rings. The summed E-state index contributed by atoms with van der Waals surface area (Å²) >= 11 is 0. The number of hydrogen-bond donors (Lipinski definition) is 1. The van der Waals surface area contributed by atoms with Gasteiger partial charge in [0, 0.05) is 22.9 Å². The molecule has 0 radical (unpaired) electrons. The molecule has 2 heterocycles. The molecule has 0 spiro atoms. The van der Waals surface area contributed by atoms with Crippen molar-refractivity contribution in [1.29, 1.82) is 0 Å². The molecule has 0 bridgehead atoms. The Labute approximate surface area is 169 Å². The van der Waals surface area contributed by atoms with Gasteiger partial charge in [-0.15, -0.1) is 0 Å². The second kappa shape index (κ2) is 7.24. The first kappa shape index (κ1) is 17.2. The van der Waals surface area contributed by atoms with Gasteiger partial charge in [0.15, 0.2) is 5.65 Å². The van der Waals surface area contributed by atoms with Gasteiger partial charge in [0.1, 0.15) is 5.82 Å². The van der Waals surface area contributed by atoms with Crippen molar-refractivity contribution in [2.24, 2.45) is 0 Å². The minimum Gasteiger partial charge on any atom is -0.340 e. The molecule has 4 heteroatoms. The fraction of sp³-hybridized carbons (Fsp3) is 0.0400. The molecule has 0 fully saturated rings. The summed E-state index contributed by atoms with van der Waals surface area (Å²) < 4.78 is 1.90. The van der Waals surface area contributed by atoms with Crippen LogP contribution in [0.2, 0.25) is 0 Å². The van der Waals surface area contributed by atoms with Crippen molar-refractivity contribution in [2.75, 3.05) is 5.32 Å². The molecule has 0 saturated carbocycles. The number of para-hydroxylation sites is 1. The van der Waals surface area contributed by atoms with E-state index in [0.29, 0.717) is 0 Å². The van der Waals surface area contributed by atoms with E-state index in [0.717, 1.165) is 45.2 Å². The maximum atomic E-state index is 5.01. The Bertz CT molecular complexity index is 1260. The second-order valence-electron chi connectivity index (χ2n) is 6.95. The van der Waals surface area contributed by atoms with Crippen LogP contribution in [0.3, 0.4) is 0 Å². The van der Waals surface area contributed by atoms with E-state index < -0.39 is 0 Å². The van der Waals surface area contributed by atoms with Crippen LogP contribution in [0.4, 0.5) is 11.5 Å². The predicted molar refractivity (Wildman–Crippen MR) is 118 cm³/mol. The van der Waals surface area contributed by atoms with Crippen molar-refractivity contribution < 1.29 is 0 Å². The minimum atomic E-state index is 0.841. The van der Waals surface area contributed by atoms with E-state index in [1.165, 1.54) is 0 Å². The van der Waals surface area contributed by atoms with Crippen molar-refractivity contribution in [2.45, 2.75) is 6.92 Å². The van der Waals surface area contributed by atoms with Gasteiger partial charge in [-0.1, -0.05) is 78.9 Å². The molecule has 2 aromatic heterocycles. The molecule has 0 unspecified atom stereocenters. The smallest absolute Gasteiger partial charge is 0.166 e. The SMILES string of the molecule is Cc1nn2c(Nc3ccccc3)cc(-c3ccccc3)nc2c1-c1ccccc1. The molecule has 5 rings (SSSR count). The molecule has 0 saturated heterocycles. The van der Waals surface area contributed by atoms with Crippen molar-refractivity contribution in [1.82, 2.24) is 14.6 Å². The fourth-order valence-corrected chi connectivity index (χ4v) is 3.58. The Kier molecular flexibility index (Phi) is 4.30. The first-order valence-corrected chi connectivity index (χ1v) is 9.63. The van der Waals surface area contributed by atoms with Crippen LogP contribution in [0.15, 0.2) is 97.1 Å². The quantitative estimate of drug-likeness (QED) is 0.411. The molecule has 3 aromatic carbocycles. The van der Waals surface area contributed by atoms with Gasteiger partial charge >= 0.3 is 0 Å². The largest absolute Gasteiger partial charge is 0.340 e. The normalized spacial score (nSPS) is 10.9. The molecule has 0 amide bonds. The lowest BCUT2D eigenvalue weighted by molar-refractivity contribution is 0.926. The molecule has 29 heavy (non-hydrogen) atoms. The summed E-state index contributed by atoms with van der Waals surface area (Å²) in [5.41, 5.74) is 6.95. The van der Waals surface area contributed by atoms with Gasteiger partial charge in [0.05, 0.1) is 11.4 Å². The lowest BCUT2D eigenvalue weighted by atomic mass is 10.1. The molecule has 0 aliphatic heterocycles. The average Bonchev–Trinajstić information content (AvgIpc) is 3.12. The Balaban J connectivity index is 1.76. The van der Waals surface area contributed by atoms with Crippen LogP contribution in [-0.4, -0.2) is 14.6 Å². The van der Waals surface area contributed by atoms with Gasteiger partial charge in [0.25, 0.3) is 0 Å². The number of rotatable bonds is 4. The third-order valence-corrected chi connectivity index (χ3v) is 4.94. The van der Waals surface area contributed by atoms with Gasteiger partial charge < -0.3 is 5.32 Å². The number of aryl methyl sites for hydroxylation is 1. The summed E-state index contributed by atoms with van der Waals surface area (Å²) in [5, 5.41) is 8.32. The Hall–Kier alpha value is -3.92. The summed E-state index contributed by atoms with van der Waals surface area (Å²) in [7, 11) is 0. The molecular weight excluding hydrogens is 356 g/mol. The van der Waals surface area contributed by atoms with E-state index in [-0.39, 0.29) is 0 Å². The monoisotopic (exact) mass is 376 g/mol. The Morgan fingerprint density at radius 3 is 1.97 bits per heavy atom. The zero-order valence-electron chi connectivity index (χ0n) is 16.1.